The van der Waals surface area contributed by atoms with Crippen molar-refractivity contribution < 1.29 is 20.1 Å². The minimum absolute atomic E-state index is 0.0809. The van der Waals surface area contributed by atoms with Crippen LogP contribution in [0.3, 0.4) is 0 Å². The van der Waals surface area contributed by atoms with E-state index in [9.17, 15) is 19.8 Å². The molecule has 1 aliphatic rings. The molecule has 0 amide bonds. The molecule has 110 valence electrons. The van der Waals surface area contributed by atoms with Crippen LogP contribution in [0.25, 0.3) is 6.08 Å². The smallest absolute Gasteiger partial charge is 0.330 e. The predicted octanol–water partition coefficient (Wildman–Crippen LogP) is -1.64. The van der Waals surface area contributed by atoms with Gasteiger partial charge in [0, 0.05) is 11.7 Å². The van der Waals surface area contributed by atoms with E-state index in [0.717, 1.165) is 16.3 Å². The summed E-state index contributed by atoms with van der Waals surface area (Å²) in [5.74, 6) is 0. The third-order valence-electron chi connectivity index (χ3n) is 3.03. The fourth-order valence-corrected chi connectivity index (χ4v) is 2.12. The van der Waals surface area contributed by atoms with Gasteiger partial charge in [-0.25, -0.2) is 4.79 Å². The van der Waals surface area contributed by atoms with Crippen LogP contribution in [0.1, 0.15) is 11.8 Å². The summed E-state index contributed by atoms with van der Waals surface area (Å²) in [6.07, 6.45) is -2.56. The molecule has 1 aromatic rings. The number of rotatable bonds is 3. The number of aromatic nitrogens is 2. The molecule has 2 heterocycles. The van der Waals surface area contributed by atoms with Crippen molar-refractivity contribution in [2.75, 3.05) is 6.61 Å². The molecule has 9 heteroatoms. The molecule has 8 nitrogen and oxygen atoms in total. The van der Waals surface area contributed by atoms with Gasteiger partial charge in [-0.3, -0.25) is 14.3 Å². The number of halogens is 1. The zero-order valence-corrected chi connectivity index (χ0v) is 10.9. The second kappa shape index (κ2) is 5.90. The van der Waals surface area contributed by atoms with Crippen molar-refractivity contribution >= 4 is 17.7 Å². The average Bonchev–Trinajstić information content (AvgIpc) is 2.70. The summed E-state index contributed by atoms with van der Waals surface area (Å²) in [6.45, 7) is -0.513. The summed E-state index contributed by atoms with van der Waals surface area (Å²) in [5.41, 5.74) is -0.278. The zero-order valence-electron chi connectivity index (χ0n) is 10.1. The van der Waals surface area contributed by atoms with Gasteiger partial charge >= 0.3 is 5.69 Å². The molecule has 4 atom stereocenters. The van der Waals surface area contributed by atoms with E-state index in [-0.39, 0.29) is 5.56 Å². The van der Waals surface area contributed by atoms with Crippen molar-refractivity contribution in [3.63, 3.8) is 0 Å². The Hall–Kier alpha value is -1.45. The summed E-state index contributed by atoms with van der Waals surface area (Å²) >= 11 is 5.38. The van der Waals surface area contributed by atoms with Gasteiger partial charge in [-0.15, -0.1) is 0 Å². The van der Waals surface area contributed by atoms with Crippen LogP contribution in [0.5, 0.6) is 0 Å². The monoisotopic (exact) mass is 304 g/mol. The van der Waals surface area contributed by atoms with Crippen LogP contribution in [-0.4, -0.2) is 49.8 Å². The van der Waals surface area contributed by atoms with Crippen LogP contribution in [-0.2, 0) is 4.74 Å². The summed E-state index contributed by atoms with van der Waals surface area (Å²) in [6, 6.07) is 0. The third-order valence-corrected chi connectivity index (χ3v) is 3.16. The molecule has 1 aliphatic heterocycles. The second-order valence-corrected chi connectivity index (χ2v) is 4.52. The number of aliphatic hydroxyl groups excluding tert-OH is 3. The number of nitrogens with one attached hydrogen (secondary N) is 1. The Balaban J connectivity index is 2.46. The Kier molecular flexibility index (Phi) is 4.41. The van der Waals surface area contributed by atoms with Crippen molar-refractivity contribution in [1.82, 2.24) is 9.55 Å². The molecule has 1 fully saturated rings. The van der Waals surface area contributed by atoms with Crippen LogP contribution in [0.15, 0.2) is 21.3 Å². The number of aromatic amines is 1. The molecule has 1 aromatic heterocycles. The maximum Gasteiger partial charge on any atom is 0.330 e. The molecule has 0 saturated carbocycles. The molecule has 2 rings (SSSR count). The molecule has 0 spiro atoms. The first-order valence-electron chi connectivity index (χ1n) is 5.74. The summed E-state index contributed by atoms with van der Waals surface area (Å²) < 4.78 is 6.14. The first kappa shape index (κ1) is 14.9. The van der Waals surface area contributed by atoms with Crippen molar-refractivity contribution in [1.29, 1.82) is 0 Å². The van der Waals surface area contributed by atoms with Crippen LogP contribution < -0.4 is 11.2 Å². The minimum atomic E-state index is -1.41. The van der Waals surface area contributed by atoms with Crippen LogP contribution in [0, 0.1) is 0 Å². The Morgan fingerprint density at radius 2 is 2.10 bits per heavy atom. The van der Waals surface area contributed by atoms with E-state index in [1.54, 1.807) is 0 Å². The van der Waals surface area contributed by atoms with Gasteiger partial charge in [0.15, 0.2) is 6.23 Å². The van der Waals surface area contributed by atoms with Crippen molar-refractivity contribution in [3.05, 3.63) is 38.1 Å². The maximum atomic E-state index is 11.7. The molecular weight excluding hydrogens is 292 g/mol. The summed E-state index contributed by atoms with van der Waals surface area (Å²) in [5, 5.41) is 28.5. The lowest BCUT2D eigenvalue weighted by Crippen LogP contribution is -2.38. The highest BCUT2D eigenvalue weighted by Crippen LogP contribution is 2.27. The van der Waals surface area contributed by atoms with Crippen molar-refractivity contribution in [3.8, 4) is 0 Å². The quantitative estimate of drug-likeness (QED) is 0.531. The van der Waals surface area contributed by atoms with Gasteiger partial charge in [0.05, 0.1) is 12.2 Å². The van der Waals surface area contributed by atoms with Crippen molar-refractivity contribution in [2.24, 2.45) is 0 Å². The van der Waals surface area contributed by atoms with Crippen molar-refractivity contribution in [2.45, 2.75) is 24.5 Å². The number of hydrogen-bond acceptors (Lipinski definition) is 6. The average molecular weight is 305 g/mol. The van der Waals surface area contributed by atoms with Gasteiger partial charge in [0.2, 0.25) is 0 Å². The number of H-pyrrole nitrogens is 1. The molecule has 1 unspecified atom stereocenters. The molecule has 4 N–H and O–H groups in total. The van der Waals surface area contributed by atoms with E-state index >= 15 is 0 Å². The van der Waals surface area contributed by atoms with Gasteiger partial charge in [-0.05, 0) is 6.08 Å². The van der Waals surface area contributed by atoms with Gasteiger partial charge in [0.25, 0.3) is 5.56 Å². The predicted molar refractivity (Wildman–Crippen MR) is 69.2 cm³/mol. The molecule has 0 bridgehead atoms. The van der Waals surface area contributed by atoms with Crippen LogP contribution in [0.4, 0.5) is 0 Å². The largest absolute Gasteiger partial charge is 0.394 e. The van der Waals surface area contributed by atoms with Crippen LogP contribution >= 0.6 is 11.6 Å². The highest BCUT2D eigenvalue weighted by molar-refractivity contribution is 6.27. The van der Waals surface area contributed by atoms with Crippen LogP contribution in [0.2, 0.25) is 0 Å². The van der Waals surface area contributed by atoms with E-state index in [1.807, 2.05) is 4.98 Å². The lowest BCUT2D eigenvalue weighted by molar-refractivity contribution is -0.0550. The van der Waals surface area contributed by atoms with Gasteiger partial charge in [-0.1, -0.05) is 11.6 Å². The first-order chi connectivity index (χ1) is 9.49. The Morgan fingerprint density at radius 3 is 2.65 bits per heavy atom. The SMILES string of the molecule is O=c1[nH]c(=O)n(C2O[C@H](CO)[C@@H](O)[C@@H]2O)cc1C=CCl. The van der Waals surface area contributed by atoms with E-state index in [4.69, 9.17) is 21.4 Å². The maximum absolute atomic E-state index is 11.7. The lowest BCUT2D eigenvalue weighted by atomic mass is 10.1. The van der Waals surface area contributed by atoms with Gasteiger partial charge in [-0.2, -0.15) is 0 Å². The fourth-order valence-electron chi connectivity index (χ4n) is 1.99. The van der Waals surface area contributed by atoms with E-state index in [1.165, 1.54) is 6.08 Å². The topological polar surface area (TPSA) is 125 Å². The number of ether oxygens (including phenoxy) is 1. The van der Waals surface area contributed by atoms with Gasteiger partial charge < -0.3 is 20.1 Å². The zero-order chi connectivity index (χ0) is 14.9. The Labute approximate surface area is 117 Å². The fraction of sp³-hybridized carbons (Fsp3) is 0.455. The normalized spacial score (nSPS) is 30.2. The highest BCUT2D eigenvalue weighted by Gasteiger charge is 2.43. The van der Waals surface area contributed by atoms with E-state index in [2.05, 4.69) is 0 Å². The Bertz CT molecular complexity index is 624. The minimum Gasteiger partial charge on any atom is -0.394 e. The molecule has 1 saturated heterocycles. The van der Waals surface area contributed by atoms with E-state index in [0.29, 0.717) is 0 Å². The molecule has 0 aromatic carbocycles. The first-order valence-corrected chi connectivity index (χ1v) is 6.18. The van der Waals surface area contributed by atoms with Gasteiger partial charge in [0.1, 0.15) is 18.3 Å². The number of aliphatic hydroxyl groups is 3. The molecular formula is C11H13ClN2O6. The summed E-state index contributed by atoms with van der Waals surface area (Å²) in [4.78, 5) is 25.3. The number of hydrogen-bond donors (Lipinski definition) is 4. The highest BCUT2D eigenvalue weighted by atomic mass is 35.5. The number of nitrogens with zero attached hydrogens (tertiary/aromatic N) is 1. The Morgan fingerprint density at radius 1 is 1.40 bits per heavy atom. The molecule has 0 radical (unpaired) electrons. The summed E-state index contributed by atoms with van der Waals surface area (Å²) in [7, 11) is 0. The second-order valence-electron chi connectivity index (χ2n) is 4.27. The lowest BCUT2D eigenvalue weighted by Gasteiger charge is -2.17. The third kappa shape index (κ3) is 2.56. The van der Waals surface area contributed by atoms with E-state index < -0.39 is 42.4 Å². The molecule has 20 heavy (non-hydrogen) atoms. The molecule has 0 aliphatic carbocycles. The standard InChI is InChI=1S/C11H13ClN2O6/c12-2-1-5-3-14(11(19)13-9(5)18)10-8(17)7(16)6(4-15)20-10/h1-3,6-8,10,15-17H,4H2,(H,13,18,19)/t6-,7-,8+,10?/m1/s1.